The molecule has 0 aliphatic carbocycles. The second-order valence-corrected chi connectivity index (χ2v) is 3.27. The van der Waals surface area contributed by atoms with Crippen molar-refractivity contribution < 1.29 is 4.74 Å². The standard InChI is InChI=1S/C11H12N2O/c1-9-4-3-5-10(6-9)14-11-7-12-13(2)8-11/h3-8H,1-2H3. The molecule has 0 amide bonds. The average molecular weight is 188 g/mol. The Kier molecular flexibility index (Phi) is 2.23. The molecule has 0 bridgehead atoms. The summed E-state index contributed by atoms with van der Waals surface area (Å²) in [5.41, 5.74) is 1.19. The van der Waals surface area contributed by atoms with E-state index in [0.717, 1.165) is 11.5 Å². The molecule has 0 atom stereocenters. The summed E-state index contributed by atoms with van der Waals surface area (Å²) in [5.74, 6) is 1.61. The van der Waals surface area contributed by atoms with Gasteiger partial charge in [0.25, 0.3) is 0 Å². The fourth-order valence-electron chi connectivity index (χ4n) is 1.27. The van der Waals surface area contributed by atoms with Crippen LogP contribution in [0.3, 0.4) is 0 Å². The number of ether oxygens (including phenoxy) is 1. The van der Waals surface area contributed by atoms with Crippen molar-refractivity contribution in [2.45, 2.75) is 6.92 Å². The molecule has 1 aromatic heterocycles. The lowest BCUT2D eigenvalue weighted by Crippen LogP contribution is -1.85. The molecule has 3 heteroatoms. The van der Waals surface area contributed by atoms with Gasteiger partial charge in [-0.25, -0.2) is 0 Å². The van der Waals surface area contributed by atoms with Crippen molar-refractivity contribution >= 4 is 0 Å². The molecule has 14 heavy (non-hydrogen) atoms. The van der Waals surface area contributed by atoms with E-state index in [1.54, 1.807) is 10.9 Å². The van der Waals surface area contributed by atoms with Crippen LogP contribution in [0, 0.1) is 6.92 Å². The first-order valence-corrected chi connectivity index (χ1v) is 4.47. The minimum Gasteiger partial charge on any atom is -0.454 e. The van der Waals surface area contributed by atoms with Crippen LogP contribution in [0.1, 0.15) is 5.56 Å². The van der Waals surface area contributed by atoms with Gasteiger partial charge < -0.3 is 4.74 Å². The van der Waals surface area contributed by atoms with Gasteiger partial charge in [0.15, 0.2) is 5.75 Å². The maximum Gasteiger partial charge on any atom is 0.165 e. The van der Waals surface area contributed by atoms with E-state index in [0.29, 0.717) is 0 Å². The first-order chi connectivity index (χ1) is 6.74. The highest BCUT2D eigenvalue weighted by atomic mass is 16.5. The quantitative estimate of drug-likeness (QED) is 0.724. The summed E-state index contributed by atoms with van der Waals surface area (Å²) in [5, 5.41) is 4.03. The molecular weight excluding hydrogens is 176 g/mol. The van der Waals surface area contributed by atoms with Crippen LogP contribution >= 0.6 is 0 Å². The predicted molar refractivity (Wildman–Crippen MR) is 54.5 cm³/mol. The Morgan fingerprint density at radius 1 is 1.29 bits per heavy atom. The van der Waals surface area contributed by atoms with Crippen molar-refractivity contribution in [1.82, 2.24) is 9.78 Å². The molecular formula is C11H12N2O. The number of hydrogen-bond acceptors (Lipinski definition) is 2. The second-order valence-electron chi connectivity index (χ2n) is 3.27. The molecule has 0 spiro atoms. The first-order valence-electron chi connectivity index (χ1n) is 4.47. The highest BCUT2D eigenvalue weighted by Crippen LogP contribution is 2.20. The fourth-order valence-corrected chi connectivity index (χ4v) is 1.27. The molecule has 2 rings (SSSR count). The normalized spacial score (nSPS) is 10.1. The number of benzene rings is 1. The van der Waals surface area contributed by atoms with Gasteiger partial charge in [-0.15, -0.1) is 0 Å². The van der Waals surface area contributed by atoms with E-state index in [1.807, 2.05) is 44.4 Å². The van der Waals surface area contributed by atoms with Gasteiger partial charge in [-0.1, -0.05) is 12.1 Å². The molecule has 72 valence electrons. The lowest BCUT2D eigenvalue weighted by Gasteiger charge is -2.02. The number of aromatic nitrogens is 2. The van der Waals surface area contributed by atoms with E-state index < -0.39 is 0 Å². The molecule has 0 saturated heterocycles. The summed E-state index contributed by atoms with van der Waals surface area (Å²) in [4.78, 5) is 0. The number of nitrogens with zero attached hydrogens (tertiary/aromatic N) is 2. The molecule has 0 unspecified atom stereocenters. The van der Waals surface area contributed by atoms with Crippen LogP contribution in [0.4, 0.5) is 0 Å². The summed E-state index contributed by atoms with van der Waals surface area (Å²) in [6.07, 6.45) is 3.53. The van der Waals surface area contributed by atoms with E-state index in [2.05, 4.69) is 5.10 Å². The molecule has 0 fully saturated rings. The highest BCUT2D eigenvalue weighted by molar-refractivity contribution is 5.31. The van der Waals surface area contributed by atoms with Gasteiger partial charge in [0.1, 0.15) is 5.75 Å². The number of hydrogen-bond donors (Lipinski definition) is 0. The summed E-state index contributed by atoms with van der Waals surface area (Å²) >= 11 is 0. The molecule has 0 aliphatic heterocycles. The summed E-state index contributed by atoms with van der Waals surface area (Å²) in [7, 11) is 1.86. The fraction of sp³-hybridized carbons (Fsp3) is 0.182. The Bertz CT molecular complexity index is 434. The molecule has 0 N–H and O–H groups in total. The maximum atomic E-state index is 5.60. The zero-order valence-corrected chi connectivity index (χ0v) is 8.27. The Labute approximate surface area is 82.9 Å². The van der Waals surface area contributed by atoms with Gasteiger partial charge in [0.05, 0.1) is 12.4 Å². The molecule has 1 heterocycles. The van der Waals surface area contributed by atoms with Crippen LogP contribution in [-0.2, 0) is 7.05 Å². The first kappa shape index (κ1) is 8.81. The minimum absolute atomic E-state index is 0.762. The molecule has 0 saturated carbocycles. The minimum atomic E-state index is 0.762. The van der Waals surface area contributed by atoms with Crippen LogP contribution in [0.25, 0.3) is 0 Å². The third-order valence-corrected chi connectivity index (χ3v) is 1.91. The Morgan fingerprint density at radius 2 is 2.14 bits per heavy atom. The monoisotopic (exact) mass is 188 g/mol. The van der Waals surface area contributed by atoms with Crippen LogP contribution in [0.5, 0.6) is 11.5 Å². The van der Waals surface area contributed by atoms with E-state index in [4.69, 9.17) is 4.74 Å². The number of aryl methyl sites for hydroxylation is 2. The lowest BCUT2D eigenvalue weighted by atomic mass is 10.2. The largest absolute Gasteiger partial charge is 0.454 e. The van der Waals surface area contributed by atoms with Crippen molar-refractivity contribution in [1.29, 1.82) is 0 Å². The van der Waals surface area contributed by atoms with Crippen molar-refractivity contribution in [3.8, 4) is 11.5 Å². The summed E-state index contributed by atoms with van der Waals surface area (Å²) in [6.45, 7) is 2.04. The van der Waals surface area contributed by atoms with Gasteiger partial charge >= 0.3 is 0 Å². The van der Waals surface area contributed by atoms with Crippen molar-refractivity contribution in [3.63, 3.8) is 0 Å². The maximum absolute atomic E-state index is 5.60. The van der Waals surface area contributed by atoms with Gasteiger partial charge in [-0.3, -0.25) is 4.68 Å². The van der Waals surface area contributed by atoms with Crippen LogP contribution in [0.2, 0.25) is 0 Å². The topological polar surface area (TPSA) is 27.1 Å². The van der Waals surface area contributed by atoms with E-state index in [1.165, 1.54) is 5.56 Å². The van der Waals surface area contributed by atoms with E-state index >= 15 is 0 Å². The van der Waals surface area contributed by atoms with Gasteiger partial charge in [0, 0.05) is 7.05 Å². The van der Waals surface area contributed by atoms with Gasteiger partial charge in [-0.05, 0) is 24.6 Å². The zero-order chi connectivity index (χ0) is 9.97. The summed E-state index contributed by atoms with van der Waals surface area (Å²) < 4.78 is 7.31. The van der Waals surface area contributed by atoms with Gasteiger partial charge in [0.2, 0.25) is 0 Å². The molecule has 3 nitrogen and oxygen atoms in total. The molecule has 0 aliphatic rings. The Hall–Kier alpha value is -1.77. The zero-order valence-electron chi connectivity index (χ0n) is 8.27. The molecule has 1 aromatic carbocycles. The SMILES string of the molecule is Cc1cccc(Oc2cnn(C)c2)c1. The van der Waals surface area contributed by atoms with Crippen molar-refractivity contribution in [2.75, 3.05) is 0 Å². The summed E-state index contributed by atoms with van der Waals surface area (Å²) in [6, 6.07) is 7.93. The van der Waals surface area contributed by atoms with Crippen molar-refractivity contribution in [2.24, 2.45) is 7.05 Å². The predicted octanol–water partition coefficient (Wildman–Crippen LogP) is 2.52. The van der Waals surface area contributed by atoms with E-state index in [-0.39, 0.29) is 0 Å². The third kappa shape index (κ3) is 1.93. The molecule has 2 aromatic rings. The van der Waals surface area contributed by atoms with Crippen molar-refractivity contribution in [3.05, 3.63) is 42.2 Å². The smallest absolute Gasteiger partial charge is 0.165 e. The number of rotatable bonds is 2. The van der Waals surface area contributed by atoms with Crippen LogP contribution in [0.15, 0.2) is 36.7 Å². The van der Waals surface area contributed by atoms with Crippen LogP contribution < -0.4 is 4.74 Å². The highest BCUT2D eigenvalue weighted by Gasteiger charge is 1.98. The third-order valence-electron chi connectivity index (χ3n) is 1.91. The van der Waals surface area contributed by atoms with Gasteiger partial charge in [-0.2, -0.15) is 5.10 Å². The van der Waals surface area contributed by atoms with E-state index in [9.17, 15) is 0 Å². The average Bonchev–Trinajstić information content (AvgIpc) is 2.51. The van der Waals surface area contributed by atoms with Crippen LogP contribution in [-0.4, -0.2) is 9.78 Å². The Balaban J connectivity index is 2.18. The lowest BCUT2D eigenvalue weighted by molar-refractivity contribution is 0.481. The molecule has 0 radical (unpaired) electrons. The Morgan fingerprint density at radius 3 is 2.79 bits per heavy atom. The second kappa shape index (κ2) is 3.54.